The van der Waals surface area contributed by atoms with E-state index in [-0.39, 0.29) is 6.61 Å². The predicted molar refractivity (Wildman–Crippen MR) is 102 cm³/mol. The predicted octanol–water partition coefficient (Wildman–Crippen LogP) is 5.78. The number of ether oxygens (including phenoxy) is 2. The van der Waals surface area contributed by atoms with E-state index < -0.39 is 23.8 Å². The quantitative estimate of drug-likeness (QED) is 0.513. The van der Waals surface area contributed by atoms with Crippen molar-refractivity contribution in [1.82, 2.24) is 0 Å². The van der Waals surface area contributed by atoms with Gasteiger partial charge in [-0.25, -0.2) is 4.79 Å². The number of alkyl halides is 3. The van der Waals surface area contributed by atoms with Gasteiger partial charge in [-0.15, -0.1) is 0 Å². The number of halogens is 3. The van der Waals surface area contributed by atoms with Crippen LogP contribution in [0.25, 0.3) is 22.3 Å². The van der Waals surface area contributed by atoms with Crippen molar-refractivity contribution in [3.05, 3.63) is 83.4 Å². The first-order valence-corrected chi connectivity index (χ1v) is 8.98. The van der Waals surface area contributed by atoms with Crippen LogP contribution in [0.5, 0.6) is 0 Å². The van der Waals surface area contributed by atoms with Crippen LogP contribution in [0.2, 0.25) is 0 Å². The Morgan fingerprint density at radius 2 is 1.59 bits per heavy atom. The van der Waals surface area contributed by atoms with E-state index in [1.165, 1.54) is 19.2 Å². The van der Waals surface area contributed by atoms with Gasteiger partial charge in [0.05, 0.1) is 19.3 Å². The highest BCUT2D eigenvalue weighted by atomic mass is 19.4. The van der Waals surface area contributed by atoms with Crippen LogP contribution < -0.4 is 0 Å². The number of carbonyl (C=O) groups is 1. The summed E-state index contributed by atoms with van der Waals surface area (Å²) >= 11 is 0. The minimum absolute atomic E-state index is 0.126. The number of carbonyl (C=O) groups excluding carboxylic acids is 1. The smallest absolute Gasteiger partial charge is 0.416 e. The van der Waals surface area contributed by atoms with Crippen LogP contribution >= 0.6 is 0 Å². The molecule has 148 valence electrons. The molecule has 1 aliphatic rings. The molecule has 1 atom stereocenters. The van der Waals surface area contributed by atoms with Crippen molar-refractivity contribution in [1.29, 1.82) is 0 Å². The van der Waals surface area contributed by atoms with Crippen molar-refractivity contribution in [3.63, 3.8) is 0 Å². The molecule has 4 rings (SSSR count). The number of rotatable bonds is 2. The Balaban J connectivity index is 1.84. The Bertz CT molecular complexity index is 1060. The summed E-state index contributed by atoms with van der Waals surface area (Å²) in [6.45, 7) is 0.126. The van der Waals surface area contributed by atoms with Crippen LogP contribution in [0.3, 0.4) is 0 Å². The molecule has 0 bridgehead atoms. The van der Waals surface area contributed by atoms with Crippen molar-refractivity contribution >= 4 is 5.97 Å². The topological polar surface area (TPSA) is 35.5 Å². The molecule has 0 aromatic heterocycles. The lowest BCUT2D eigenvalue weighted by Gasteiger charge is -2.15. The van der Waals surface area contributed by atoms with Gasteiger partial charge in [0.15, 0.2) is 6.10 Å². The monoisotopic (exact) mass is 398 g/mol. The SMILES string of the molecule is COC(=O)C1OCc2c(-c3ccc(C(F)(F)F)cc3)cccc2-c2ccccc21. The fourth-order valence-electron chi connectivity index (χ4n) is 3.63. The molecule has 0 aliphatic carbocycles. The van der Waals surface area contributed by atoms with Crippen molar-refractivity contribution < 1.29 is 27.4 Å². The zero-order valence-electron chi connectivity index (χ0n) is 15.5. The van der Waals surface area contributed by atoms with Crippen molar-refractivity contribution in [2.75, 3.05) is 7.11 Å². The van der Waals surface area contributed by atoms with E-state index in [0.717, 1.165) is 34.4 Å². The van der Waals surface area contributed by atoms with E-state index in [0.29, 0.717) is 11.1 Å². The van der Waals surface area contributed by atoms with Crippen LogP contribution in [0, 0.1) is 0 Å². The molecule has 1 aliphatic heterocycles. The highest BCUT2D eigenvalue weighted by molar-refractivity contribution is 5.85. The maximum absolute atomic E-state index is 12.9. The summed E-state index contributed by atoms with van der Waals surface area (Å²) in [5, 5.41) is 0. The van der Waals surface area contributed by atoms with Gasteiger partial charge in [0.1, 0.15) is 0 Å². The van der Waals surface area contributed by atoms with E-state index in [1.54, 1.807) is 0 Å². The summed E-state index contributed by atoms with van der Waals surface area (Å²) < 4.78 is 49.5. The maximum Gasteiger partial charge on any atom is 0.416 e. The third-order valence-corrected chi connectivity index (χ3v) is 5.04. The van der Waals surface area contributed by atoms with Crippen LogP contribution in [0.1, 0.15) is 22.8 Å². The lowest BCUT2D eigenvalue weighted by atomic mass is 9.89. The fraction of sp³-hybridized carbons (Fsp3) is 0.174. The van der Waals surface area contributed by atoms with Gasteiger partial charge in [0, 0.05) is 0 Å². The van der Waals surface area contributed by atoms with Gasteiger partial charge >= 0.3 is 12.1 Å². The molecule has 0 N–H and O–H groups in total. The summed E-state index contributed by atoms with van der Waals surface area (Å²) in [5.74, 6) is -0.499. The molecule has 6 heteroatoms. The second-order valence-electron chi connectivity index (χ2n) is 6.71. The molecule has 0 amide bonds. The summed E-state index contributed by atoms with van der Waals surface area (Å²) in [7, 11) is 1.31. The van der Waals surface area contributed by atoms with E-state index >= 15 is 0 Å². The van der Waals surface area contributed by atoms with Crippen molar-refractivity contribution in [2.24, 2.45) is 0 Å². The fourth-order valence-corrected chi connectivity index (χ4v) is 3.63. The normalized spacial score (nSPS) is 15.8. The second-order valence-corrected chi connectivity index (χ2v) is 6.71. The zero-order chi connectivity index (χ0) is 20.6. The molecule has 0 spiro atoms. The molecule has 3 aromatic rings. The van der Waals surface area contributed by atoms with Gasteiger partial charge < -0.3 is 9.47 Å². The van der Waals surface area contributed by atoms with Crippen LogP contribution in [-0.4, -0.2) is 13.1 Å². The maximum atomic E-state index is 12.9. The van der Waals surface area contributed by atoms with Crippen molar-refractivity contribution in [2.45, 2.75) is 18.9 Å². The average Bonchev–Trinajstić information content (AvgIpc) is 2.90. The molecular weight excluding hydrogens is 381 g/mol. The molecule has 0 saturated carbocycles. The minimum atomic E-state index is -4.39. The molecule has 0 saturated heterocycles. The third kappa shape index (κ3) is 3.51. The number of benzene rings is 3. The number of esters is 1. The van der Waals surface area contributed by atoms with Crippen LogP contribution in [0.15, 0.2) is 66.7 Å². The number of fused-ring (bicyclic) bond motifs is 3. The van der Waals surface area contributed by atoms with Crippen LogP contribution in [-0.2, 0) is 27.1 Å². The first-order valence-electron chi connectivity index (χ1n) is 8.98. The largest absolute Gasteiger partial charge is 0.467 e. The van der Waals surface area contributed by atoms with Crippen molar-refractivity contribution in [3.8, 4) is 22.3 Å². The second kappa shape index (κ2) is 7.37. The van der Waals surface area contributed by atoms with Gasteiger partial charge in [-0.2, -0.15) is 13.2 Å². The summed E-state index contributed by atoms with van der Waals surface area (Å²) in [6, 6.07) is 18.1. The highest BCUT2D eigenvalue weighted by Crippen LogP contribution is 2.41. The molecule has 3 aromatic carbocycles. The molecule has 3 nitrogen and oxygen atoms in total. The average molecular weight is 398 g/mol. The molecule has 29 heavy (non-hydrogen) atoms. The van der Waals surface area contributed by atoms with E-state index in [4.69, 9.17) is 9.47 Å². The first-order chi connectivity index (χ1) is 13.9. The van der Waals surface area contributed by atoms with Gasteiger partial charge in [0.25, 0.3) is 0 Å². The zero-order valence-corrected chi connectivity index (χ0v) is 15.5. The number of hydrogen-bond donors (Lipinski definition) is 0. The van der Waals surface area contributed by atoms with Crippen LogP contribution in [0.4, 0.5) is 13.2 Å². The lowest BCUT2D eigenvalue weighted by molar-refractivity contribution is -0.155. The first kappa shape index (κ1) is 19.2. The van der Waals surface area contributed by atoms with E-state index in [9.17, 15) is 18.0 Å². The van der Waals surface area contributed by atoms with E-state index in [1.807, 2.05) is 42.5 Å². The minimum Gasteiger partial charge on any atom is -0.467 e. The number of hydrogen-bond acceptors (Lipinski definition) is 3. The highest BCUT2D eigenvalue weighted by Gasteiger charge is 2.31. The Labute approximate surface area is 165 Å². The Kier molecular flexibility index (Phi) is 4.88. The lowest BCUT2D eigenvalue weighted by Crippen LogP contribution is -2.17. The molecule has 0 fully saturated rings. The Morgan fingerprint density at radius 1 is 0.931 bits per heavy atom. The number of methoxy groups -OCH3 is 1. The Hall–Kier alpha value is -3.12. The molecule has 1 unspecified atom stereocenters. The molecule has 0 radical (unpaired) electrons. The van der Waals surface area contributed by atoms with Gasteiger partial charge in [0.2, 0.25) is 0 Å². The standard InChI is InChI=1S/C23H17F3O3/c1-28-22(27)21-19-6-3-2-5-17(19)18-8-4-7-16(20(18)13-29-21)14-9-11-15(12-10-14)23(24,25)26/h2-12,21H,13H2,1H3. The van der Waals surface area contributed by atoms with Gasteiger partial charge in [-0.3, -0.25) is 0 Å². The van der Waals surface area contributed by atoms with E-state index in [2.05, 4.69) is 0 Å². The van der Waals surface area contributed by atoms with Gasteiger partial charge in [-0.05, 0) is 45.5 Å². The summed E-state index contributed by atoms with van der Waals surface area (Å²) in [4.78, 5) is 12.3. The van der Waals surface area contributed by atoms with Gasteiger partial charge in [-0.1, -0.05) is 54.6 Å². The molecule has 1 heterocycles. The summed E-state index contributed by atoms with van der Waals surface area (Å²) in [5.41, 5.74) is 3.93. The molecular formula is C23H17F3O3. The summed E-state index contributed by atoms with van der Waals surface area (Å²) in [6.07, 6.45) is -5.26. The Morgan fingerprint density at radius 3 is 2.28 bits per heavy atom. The third-order valence-electron chi connectivity index (χ3n) is 5.04.